The smallest absolute Gasteiger partial charge is 0.326 e. The van der Waals surface area contributed by atoms with E-state index in [1.54, 1.807) is 6.08 Å². The van der Waals surface area contributed by atoms with Gasteiger partial charge in [0.05, 0.1) is 11.5 Å². The summed E-state index contributed by atoms with van der Waals surface area (Å²) in [5, 5.41) is 0. The molecule has 0 spiro atoms. The van der Waals surface area contributed by atoms with Gasteiger partial charge in [0.15, 0.2) is 0 Å². The van der Waals surface area contributed by atoms with Crippen molar-refractivity contribution in [3.05, 3.63) is 70.6 Å². The van der Waals surface area contributed by atoms with Gasteiger partial charge in [-0.25, -0.2) is 0 Å². The number of esters is 1. The van der Waals surface area contributed by atoms with Gasteiger partial charge < -0.3 is 9.47 Å². The van der Waals surface area contributed by atoms with Crippen molar-refractivity contribution >= 4 is 46.3 Å². The van der Waals surface area contributed by atoms with E-state index in [0.717, 1.165) is 17.5 Å². The molecule has 1 amide bonds. The Morgan fingerprint density at radius 1 is 1.17 bits per heavy atom. The predicted octanol–water partition coefficient (Wildman–Crippen LogP) is 4.42. The van der Waals surface area contributed by atoms with Crippen LogP contribution in [-0.4, -0.2) is 34.2 Å². The zero-order chi connectivity index (χ0) is 20.6. The van der Waals surface area contributed by atoms with Crippen LogP contribution in [0.2, 0.25) is 0 Å². The molecule has 150 valence electrons. The molecule has 2 aromatic rings. The molecular weight excluding hydrogens is 406 g/mol. The van der Waals surface area contributed by atoms with Crippen molar-refractivity contribution in [3.63, 3.8) is 0 Å². The number of benzene rings is 2. The number of rotatable bonds is 8. The predicted molar refractivity (Wildman–Crippen MR) is 118 cm³/mol. The number of hydrogen-bond acceptors (Lipinski definition) is 6. The van der Waals surface area contributed by atoms with Gasteiger partial charge >= 0.3 is 5.97 Å². The highest BCUT2D eigenvalue weighted by atomic mass is 32.2. The van der Waals surface area contributed by atoms with E-state index >= 15 is 0 Å². The van der Waals surface area contributed by atoms with Crippen LogP contribution in [0.25, 0.3) is 6.08 Å². The van der Waals surface area contributed by atoms with Gasteiger partial charge in [0.1, 0.15) is 23.2 Å². The molecule has 1 aliphatic rings. The van der Waals surface area contributed by atoms with Crippen molar-refractivity contribution in [1.82, 2.24) is 4.90 Å². The summed E-state index contributed by atoms with van der Waals surface area (Å²) in [6.45, 7) is 2.54. The second-order valence-corrected chi connectivity index (χ2v) is 8.01. The molecule has 1 fully saturated rings. The summed E-state index contributed by atoms with van der Waals surface area (Å²) in [5.74, 6) is -0.0361. The lowest BCUT2D eigenvalue weighted by Crippen LogP contribution is -2.34. The molecule has 0 saturated carbocycles. The number of carbonyl (C=O) groups is 2. The van der Waals surface area contributed by atoms with Gasteiger partial charge in [-0.2, -0.15) is 0 Å². The zero-order valence-corrected chi connectivity index (χ0v) is 17.6. The molecular formula is C22H21NO4S2. The van der Waals surface area contributed by atoms with Crippen LogP contribution in [-0.2, 0) is 20.9 Å². The van der Waals surface area contributed by atoms with Gasteiger partial charge in [-0.3, -0.25) is 14.5 Å². The summed E-state index contributed by atoms with van der Waals surface area (Å²) in [5.41, 5.74) is 1.90. The highest BCUT2D eigenvalue weighted by molar-refractivity contribution is 8.26. The summed E-state index contributed by atoms with van der Waals surface area (Å²) in [6, 6.07) is 17.4. The van der Waals surface area contributed by atoms with Gasteiger partial charge in [-0.15, -0.1) is 0 Å². The van der Waals surface area contributed by atoms with E-state index < -0.39 is 5.97 Å². The summed E-state index contributed by atoms with van der Waals surface area (Å²) in [7, 11) is 0. The standard InChI is InChI=1S/C22H21NO4S2/c1-2-11-26-20(24)14-23-21(25)19(29-22(23)28)13-17-9-6-10-18(12-17)27-15-16-7-4-3-5-8-16/h3-10,12-13H,2,11,14-15H2,1H3/b19-13-. The Labute approximate surface area is 179 Å². The van der Waals surface area contributed by atoms with Crippen molar-refractivity contribution in [2.75, 3.05) is 13.2 Å². The summed E-state index contributed by atoms with van der Waals surface area (Å²) >= 11 is 6.44. The van der Waals surface area contributed by atoms with Crippen LogP contribution in [0.5, 0.6) is 5.75 Å². The van der Waals surface area contributed by atoms with Gasteiger partial charge in [0.2, 0.25) is 0 Å². The fourth-order valence-corrected chi connectivity index (χ4v) is 3.87. The maximum atomic E-state index is 12.6. The van der Waals surface area contributed by atoms with Crippen LogP contribution in [0.1, 0.15) is 24.5 Å². The van der Waals surface area contributed by atoms with Gasteiger partial charge in [0.25, 0.3) is 5.91 Å². The number of thiocarbonyl (C=S) groups is 1. The number of carbonyl (C=O) groups excluding carboxylic acids is 2. The minimum atomic E-state index is -0.458. The first kappa shape index (κ1) is 21.1. The van der Waals surface area contributed by atoms with E-state index in [9.17, 15) is 9.59 Å². The molecule has 0 bridgehead atoms. The minimum absolute atomic E-state index is 0.164. The van der Waals surface area contributed by atoms with Crippen molar-refractivity contribution < 1.29 is 19.1 Å². The van der Waals surface area contributed by atoms with E-state index in [1.165, 1.54) is 16.7 Å². The topological polar surface area (TPSA) is 55.8 Å². The Morgan fingerprint density at radius 2 is 1.97 bits per heavy atom. The van der Waals surface area contributed by atoms with Crippen LogP contribution in [0.15, 0.2) is 59.5 Å². The van der Waals surface area contributed by atoms with Crippen molar-refractivity contribution in [2.45, 2.75) is 20.0 Å². The molecule has 0 unspecified atom stereocenters. The average molecular weight is 428 g/mol. The molecule has 1 aliphatic heterocycles. The Hall–Kier alpha value is -2.64. The largest absolute Gasteiger partial charge is 0.489 e. The van der Waals surface area contributed by atoms with E-state index in [2.05, 4.69) is 0 Å². The van der Waals surface area contributed by atoms with Gasteiger partial charge in [-0.1, -0.05) is 73.4 Å². The Kier molecular flexibility index (Phi) is 7.43. The lowest BCUT2D eigenvalue weighted by Gasteiger charge is -2.13. The monoisotopic (exact) mass is 427 g/mol. The lowest BCUT2D eigenvalue weighted by molar-refractivity contribution is -0.146. The average Bonchev–Trinajstić information content (AvgIpc) is 2.99. The summed E-state index contributed by atoms with van der Waals surface area (Å²) in [4.78, 5) is 26.2. The lowest BCUT2D eigenvalue weighted by atomic mass is 10.2. The summed E-state index contributed by atoms with van der Waals surface area (Å²) in [6.07, 6.45) is 2.48. The maximum Gasteiger partial charge on any atom is 0.326 e. The van der Waals surface area contributed by atoms with Gasteiger partial charge in [0, 0.05) is 0 Å². The second kappa shape index (κ2) is 10.2. The minimum Gasteiger partial charge on any atom is -0.489 e. The summed E-state index contributed by atoms with van der Waals surface area (Å²) < 4.78 is 11.2. The van der Waals surface area contributed by atoms with Crippen LogP contribution in [0.3, 0.4) is 0 Å². The Bertz CT molecular complexity index is 927. The molecule has 0 atom stereocenters. The molecule has 3 rings (SSSR count). The highest BCUT2D eigenvalue weighted by Gasteiger charge is 2.33. The van der Waals surface area contributed by atoms with Crippen molar-refractivity contribution in [1.29, 1.82) is 0 Å². The number of amides is 1. The van der Waals surface area contributed by atoms with Crippen LogP contribution in [0.4, 0.5) is 0 Å². The number of ether oxygens (including phenoxy) is 2. The zero-order valence-electron chi connectivity index (χ0n) is 16.0. The molecule has 0 N–H and O–H groups in total. The maximum absolute atomic E-state index is 12.6. The molecule has 0 radical (unpaired) electrons. The fraction of sp³-hybridized carbons (Fsp3) is 0.227. The molecule has 0 aromatic heterocycles. The molecule has 1 heterocycles. The second-order valence-electron chi connectivity index (χ2n) is 6.34. The molecule has 2 aromatic carbocycles. The molecule has 5 nitrogen and oxygen atoms in total. The first-order valence-electron chi connectivity index (χ1n) is 9.24. The van der Waals surface area contributed by atoms with E-state index in [4.69, 9.17) is 21.7 Å². The van der Waals surface area contributed by atoms with Crippen LogP contribution < -0.4 is 4.74 Å². The van der Waals surface area contributed by atoms with Crippen LogP contribution >= 0.6 is 24.0 Å². The Balaban J connectivity index is 1.66. The third kappa shape index (κ3) is 5.92. The highest BCUT2D eigenvalue weighted by Crippen LogP contribution is 2.33. The number of hydrogen-bond donors (Lipinski definition) is 0. The molecule has 0 aliphatic carbocycles. The fourth-order valence-electron chi connectivity index (χ4n) is 2.61. The first-order chi connectivity index (χ1) is 14.1. The third-order valence-corrected chi connectivity index (χ3v) is 5.41. The SMILES string of the molecule is CCCOC(=O)CN1C(=O)/C(=C/c2cccc(OCc3ccccc3)c2)SC1=S. The molecule has 1 saturated heterocycles. The number of thioether (sulfide) groups is 1. The molecule has 7 heteroatoms. The number of nitrogens with zero attached hydrogens (tertiary/aromatic N) is 1. The van der Waals surface area contributed by atoms with Gasteiger partial charge in [-0.05, 0) is 35.8 Å². The van der Waals surface area contributed by atoms with E-state index in [1.807, 2.05) is 61.5 Å². The van der Waals surface area contributed by atoms with Crippen molar-refractivity contribution in [3.8, 4) is 5.75 Å². The van der Waals surface area contributed by atoms with E-state index in [-0.39, 0.29) is 12.5 Å². The Morgan fingerprint density at radius 3 is 2.72 bits per heavy atom. The van der Waals surface area contributed by atoms with E-state index in [0.29, 0.717) is 28.2 Å². The normalized spacial score (nSPS) is 15.1. The third-order valence-electron chi connectivity index (χ3n) is 4.03. The van der Waals surface area contributed by atoms with Crippen LogP contribution in [0, 0.1) is 0 Å². The quantitative estimate of drug-likeness (QED) is 0.353. The first-order valence-corrected chi connectivity index (χ1v) is 10.5. The van der Waals surface area contributed by atoms with Crippen molar-refractivity contribution in [2.24, 2.45) is 0 Å². The molecule has 29 heavy (non-hydrogen) atoms.